The summed E-state index contributed by atoms with van der Waals surface area (Å²) in [6.45, 7) is 1.88. The maximum atomic E-state index is 10.9. The molecule has 21 heavy (non-hydrogen) atoms. The van der Waals surface area contributed by atoms with E-state index in [1.54, 1.807) is 12.1 Å². The third kappa shape index (κ3) is 4.06. The summed E-state index contributed by atoms with van der Waals surface area (Å²) in [4.78, 5) is 23.1. The number of nitro groups is 1. The lowest BCUT2D eigenvalue weighted by atomic mass is 10.0. The summed E-state index contributed by atoms with van der Waals surface area (Å²) in [6.07, 6.45) is 1.76. The minimum absolute atomic E-state index is 0.0863. The van der Waals surface area contributed by atoms with E-state index in [-0.39, 0.29) is 29.9 Å². The van der Waals surface area contributed by atoms with E-state index >= 15 is 0 Å². The molecule has 1 amide bonds. The first-order valence-corrected chi connectivity index (χ1v) is 6.77. The highest BCUT2D eigenvalue weighted by Crippen LogP contribution is 2.26. The topological polar surface area (TPSA) is 128 Å². The van der Waals surface area contributed by atoms with Crippen molar-refractivity contribution in [3.63, 3.8) is 0 Å². The van der Waals surface area contributed by atoms with Gasteiger partial charge in [-0.15, -0.1) is 0 Å². The van der Waals surface area contributed by atoms with Crippen LogP contribution in [0.1, 0.15) is 12.8 Å². The van der Waals surface area contributed by atoms with Crippen LogP contribution in [0, 0.1) is 10.1 Å². The summed E-state index contributed by atoms with van der Waals surface area (Å²) < 4.78 is 0. The van der Waals surface area contributed by atoms with Gasteiger partial charge in [-0.1, -0.05) is 0 Å². The molecule has 0 aliphatic carbocycles. The van der Waals surface area contributed by atoms with Crippen molar-refractivity contribution in [3.8, 4) is 0 Å². The zero-order valence-corrected chi connectivity index (χ0v) is 11.6. The minimum Gasteiger partial charge on any atom is -0.393 e. The minimum atomic E-state index is -0.499. The third-order valence-electron chi connectivity index (χ3n) is 3.56. The van der Waals surface area contributed by atoms with Crippen molar-refractivity contribution in [1.29, 1.82) is 0 Å². The van der Waals surface area contributed by atoms with Crippen LogP contribution in [0.3, 0.4) is 0 Å². The molecule has 1 aliphatic rings. The van der Waals surface area contributed by atoms with Gasteiger partial charge in [-0.3, -0.25) is 19.8 Å². The second kappa shape index (κ2) is 6.40. The van der Waals surface area contributed by atoms with Crippen LogP contribution < -0.4 is 16.8 Å². The average molecular weight is 293 g/mol. The molecule has 1 aromatic rings. The van der Waals surface area contributed by atoms with Crippen LogP contribution >= 0.6 is 0 Å². The summed E-state index contributed by atoms with van der Waals surface area (Å²) in [5.41, 5.74) is 11.7. The highest BCUT2D eigenvalue weighted by atomic mass is 16.6. The summed E-state index contributed by atoms with van der Waals surface area (Å²) in [7, 11) is 0. The van der Waals surface area contributed by atoms with Gasteiger partial charge >= 0.3 is 0 Å². The molecule has 1 aliphatic heterocycles. The lowest BCUT2D eigenvalue weighted by Gasteiger charge is -2.32. The Morgan fingerprint density at radius 3 is 2.62 bits per heavy atom. The molecule has 1 aromatic carbocycles. The summed E-state index contributed by atoms with van der Waals surface area (Å²) in [6, 6.07) is 4.90. The monoisotopic (exact) mass is 293 g/mol. The number of nitrogen functional groups attached to an aromatic ring is 1. The zero-order chi connectivity index (χ0) is 15.4. The van der Waals surface area contributed by atoms with Gasteiger partial charge in [0.25, 0.3) is 5.69 Å². The molecular weight excluding hydrogens is 274 g/mol. The molecule has 0 bridgehead atoms. The molecule has 2 rings (SSSR count). The fraction of sp³-hybridized carbons (Fsp3) is 0.462. The number of benzene rings is 1. The molecule has 8 heteroatoms. The van der Waals surface area contributed by atoms with E-state index in [4.69, 9.17) is 11.5 Å². The summed E-state index contributed by atoms with van der Waals surface area (Å²) >= 11 is 0. The SMILES string of the molecule is NC(=O)CN1CCC(Nc2ccc([N+](=O)[O-])c(N)c2)CC1. The summed E-state index contributed by atoms with van der Waals surface area (Å²) in [5, 5.41) is 14.0. The number of nitrogens with two attached hydrogens (primary N) is 2. The van der Waals surface area contributed by atoms with Gasteiger partial charge in [-0.2, -0.15) is 0 Å². The Labute approximate surface area is 122 Å². The maximum Gasteiger partial charge on any atom is 0.292 e. The number of primary amides is 1. The largest absolute Gasteiger partial charge is 0.393 e. The number of hydrogen-bond acceptors (Lipinski definition) is 6. The van der Waals surface area contributed by atoms with E-state index in [1.165, 1.54) is 6.07 Å². The first-order chi connectivity index (χ1) is 9.95. The van der Waals surface area contributed by atoms with Gasteiger partial charge in [0.1, 0.15) is 5.69 Å². The average Bonchev–Trinajstić information content (AvgIpc) is 2.40. The fourth-order valence-corrected chi connectivity index (χ4v) is 2.50. The van der Waals surface area contributed by atoms with Crippen LogP contribution in [-0.4, -0.2) is 41.4 Å². The molecular formula is C13H19N5O3. The van der Waals surface area contributed by atoms with Crippen LogP contribution in [0.5, 0.6) is 0 Å². The highest BCUT2D eigenvalue weighted by molar-refractivity contribution is 5.75. The highest BCUT2D eigenvalue weighted by Gasteiger charge is 2.20. The van der Waals surface area contributed by atoms with Crippen molar-refractivity contribution in [2.24, 2.45) is 5.73 Å². The van der Waals surface area contributed by atoms with Crippen molar-refractivity contribution in [2.45, 2.75) is 18.9 Å². The Kier molecular flexibility index (Phi) is 4.59. The summed E-state index contributed by atoms with van der Waals surface area (Å²) in [5.74, 6) is -0.315. The Bertz CT molecular complexity index is 541. The van der Waals surface area contributed by atoms with E-state index in [0.29, 0.717) is 0 Å². The Balaban J connectivity index is 1.90. The van der Waals surface area contributed by atoms with Crippen molar-refractivity contribution in [2.75, 3.05) is 30.7 Å². The number of likely N-dealkylation sites (tertiary alicyclic amines) is 1. The lowest BCUT2D eigenvalue weighted by molar-refractivity contribution is -0.383. The van der Waals surface area contributed by atoms with E-state index in [9.17, 15) is 14.9 Å². The molecule has 1 heterocycles. The molecule has 0 atom stereocenters. The molecule has 1 saturated heterocycles. The number of rotatable bonds is 5. The number of nitrogens with zero attached hydrogens (tertiary/aromatic N) is 2. The van der Waals surface area contributed by atoms with E-state index in [0.717, 1.165) is 31.6 Å². The van der Waals surface area contributed by atoms with Crippen LogP contribution in [0.15, 0.2) is 18.2 Å². The van der Waals surface area contributed by atoms with Crippen LogP contribution in [0.2, 0.25) is 0 Å². The van der Waals surface area contributed by atoms with E-state index in [2.05, 4.69) is 5.32 Å². The molecule has 8 nitrogen and oxygen atoms in total. The second-order valence-electron chi connectivity index (χ2n) is 5.19. The van der Waals surface area contributed by atoms with Gasteiger partial charge in [0, 0.05) is 30.9 Å². The lowest BCUT2D eigenvalue weighted by Crippen LogP contribution is -2.42. The Morgan fingerprint density at radius 2 is 2.10 bits per heavy atom. The van der Waals surface area contributed by atoms with Gasteiger partial charge < -0.3 is 16.8 Å². The van der Waals surface area contributed by atoms with Crippen molar-refractivity contribution >= 4 is 23.0 Å². The zero-order valence-electron chi connectivity index (χ0n) is 11.6. The van der Waals surface area contributed by atoms with Crippen molar-refractivity contribution in [3.05, 3.63) is 28.3 Å². The molecule has 1 fully saturated rings. The van der Waals surface area contributed by atoms with Crippen LogP contribution in [-0.2, 0) is 4.79 Å². The van der Waals surface area contributed by atoms with E-state index < -0.39 is 4.92 Å². The van der Waals surface area contributed by atoms with E-state index in [1.807, 2.05) is 4.90 Å². The first kappa shape index (κ1) is 15.0. The smallest absolute Gasteiger partial charge is 0.292 e. The number of nitrogens with one attached hydrogen (secondary N) is 1. The number of carbonyl (C=O) groups excluding carboxylic acids is 1. The van der Waals surface area contributed by atoms with Gasteiger partial charge in [0.2, 0.25) is 5.91 Å². The molecule has 5 N–H and O–H groups in total. The molecule has 0 saturated carbocycles. The number of carbonyl (C=O) groups is 1. The third-order valence-corrected chi connectivity index (χ3v) is 3.56. The quantitative estimate of drug-likeness (QED) is 0.413. The number of amides is 1. The second-order valence-corrected chi connectivity index (χ2v) is 5.19. The van der Waals surface area contributed by atoms with Crippen molar-refractivity contribution < 1.29 is 9.72 Å². The number of piperidine rings is 1. The predicted octanol–water partition coefficient (Wildman–Crippen LogP) is 0.539. The molecule has 114 valence electrons. The van der Waals surface area contributed by atoms with Crippen molar-refractivity contribution in [1.82, 2.24) is 4.90 Å². The van der Waals surface area contributed by atoms with Gasteiger partial charge in [-0.05, 0) is 25.0 Å². The first-order valence-electron chi connectivity index (χ1n) is 6.77. The standard InChI is InChI=1S/C13H19N5O3/c14-11-7-10(1-2-12(11)18(20)21)16-9-3-5-17(6-4-9)8-13(15)19/h1-2,7,9,16H,3-6,8,14H2,(H2,15,19). The predicted molar refractivity (Wildman–Crippen MR) is 79.8 cm³/mol. The normalized spacial score (nSPS) is 16.6. The molecule has 0 aromatic heterocycles. The van der Waals surface area contributed by atoms with Gasteiger partial charge in [-0.25, -0.2) is 0 Å². The van der Waals surface area contributed by atoms with Gasteiger partial charge in [0.15, 0.2) is 0 Å². The molecule has 0 radical (unpaired) electrons. The Morgan fingerprint density at radius 1 is 1.43 bits per heavy atom. The van der Waals surface area contributed by atoms with Gasteiger partial charge in [0.05, 0.1) is 11.5 Å². The molecule has 0 unspecified atom stereocenters. The number of hydrogen-bond donors (Lipinski definition) is 3. The number of anilines is 2. The van der Waals surface area contributed by atoms with Crippen LogP contribution in [0.4, 0.5) is 17.1 Å². The fourth-order valence-electron chi connectivity index (χ4n) is 2.50. The maximum absolute atomic E-state index is 10.9. The molecule has 0 spiro atoms. The van der Waals surface area contributed by atoms with Crippen LogP contribution in [0.25, 0.3) is 0 Å². The number of nitro benzene ring substituents is 1. The Hall–Kier alpha value is -2.35.